The Kier molecular flexibility index (Phi) is 8.34. The molecule has 2 heterocycles. The van der Waals surface area contributed by atoms with E-state index in [2.05, 4.69) is 4.74 Å². The summed E-state index contributed by atoms with van der Waals surface area (Å²) in [5.41, 5.74) is 5.26. The number of nitrogens with two attached hydrogens (primary N) is 1. The molecule has 0 radical (unpaired) electrons. The van der Waals surface area contributed by atoms with E-state index < -0.39 is 74.6 Å². The highest BCUT2D eigenvalue weighted by atomic mass is 16.6. The summed E-state index contributed by atoms with van der Waals surface area (Å²) in [5, 5.41) is 80.7. The van der Waals surface area contributed by atoms with Crippen LogP contribution in [0.25, 0.3) is 0 Å². The number of hydrogen-bond donors (Lipinski definition) is 10. The minimum absolute atomic E-state index is 0.470. The van der Waals surface area contributed by atoms with E-state index in [0.717, 1.165) is 0 Å². The molecule has 11 N–H and O–H groups in total. The topological polar surface area (TPSA) is 227 Å². The zero-order valence-corrected chi connectivity index (χ0v) is 12.6. The molecule has 2 unspecified atom stereocenters. The lowest BCUT2D eigenvalue weighted by Gasteiger charge is -2.38. The van der Waals surface area contributed by atoms with Crippen LogP contribution in [0.1, 0.15) is 0 Å². The van der Waals surface area contributed by atoms with E-state index >= 15 is 0 Å². The molecule has 24 heavy (non-hydrogen) atoms. The molecule has 2 saturated heterocycles. The Hall–Kier alpha value is -0.480. The van der Waals surface area contributed by atoms with Crippen molar-refractivity contribution in [3.8, 4) is 0 Å². The summed E-state index contributed by atoms with van der Waals surface area (Å²) in [6.45, 7) is -0.996. The van der Waals surface area contributed by atoms with E-state index in [0.29, 0.717) is 0 Å². The largest absolute Gasteiger partial charge is 0.394 e. The Bertz CT molecular complexity index is 331. The molecule has 2 rings (SSSR count). The van der Waals surface area contributed by atoms with Crippen molar-refractivity contribution < 1.29 is 55.4 Å². The zero-order chi connectivity index (χ0) is 18.6. The fourth-order valence-electron chi connectivity index (χ4n) is 2.20. The van der Waals surface area contributed by atoms with Gasteiger partial charge in [-0.25, -0.2) is 0 Å². The molecular formula is C12H25NO11. The van der Waals surface area contributed by atoms with Crippen molar-refractivity contribution in [1.82, 2.24) is 0 Å². The third kappa shape index (κ3) is 4.78. The molecule has 2 fully saturated rings. The minimum atomic E-state index is -1.57. The number of hydrogen-bond acceptors (Lipinski definition) is 12. The second kappa shape index (κ2) is 9.28. The lowest BCUT2D eigenvalue weighted by atomic mass is 9.98. The van der Waals surface area contributed by atoms with Gasteiger partial charge in [-0.2, -0.15) is 0 Å². The third-order valence-corrected chi connectivity index (χ3v) is 3.82. The highest BCUT2D eigenvalue weighted by Gasteiger charge is 2.43. The van der Waals surface area contributed by atoms with Crippen LogP contribution in [0, 0.1) is 0 Å². The summed E-state index contributed by atoms with van der Waals surface area (Å²) in [6, 6.07) is -1.04. The lowest BCUT2D eigenvalue weighted by molar-refractivity contribution is -0.286. The maximum Gasteiger partial charge on any atom is 0.184 e. The van der Waals surface area contributed by atoms with Crippen LogP contribution in [-0.4, -0.2) is 121 Å². The minimum Gasteiger partial charge on any atom is -0.394 e. The van der Waals surface area contributed by atoms with Crippen molar-refractivity contribution in [2.75, 3.05) is 13.2 Å². The van der Waals surface area contributed by atoms with Crippen LogP contribution in [0.15, 0.2) is 0 Å². The van der Waals surface area contributed by atoms with E-state index in [4.69, 9.17) is 46.2 Å². The van der Waals surface area contributed by atoms with E-state index in [9.17, 15) is 10.2 Å². The van der Waals surface area contributed by atoms with Crippen LogP contribution in [0.3, 0.4) is 0 Å². The average Bonchev–Trinajstić information content (AvgIpc) is 2.58. The summed E-state index contributed by atoms with van der Waals surface area (Å²) in [5.74, 6) is 0. The van der Waals surface area contributed by atoms with Gasteiger partial charge in [-0.1, -0.05) is 0 Å². The summed E-state index contributed by atoms with van der Waals surface area (Å²) in [6.07, 6.45) is -11.9. The van der Waals surface area contributed by atoms with Gasteiger partial charge in [-0.3, -0.25) is 0 Å². The molecule has 144 valence electrons. The molecule has 10 atom stereocenters. The van der Waals surface area contributed by atoms with Crippen molar-refractivity contribution in [2.45, 2.75) is 61.3 Å². The van der Waals surface area contributed by atoms with Crippen LogP contribution >= 0.6 is 0 Å². The normalized spacial score (nSPS) is 49.2. The fourth-order valence-corrected chi connectivity index (χ4v) is 2.20. The first-order chi connectivity index (χ1) is 11.1. The number of ether oxygens (including phenoxy) is 2. The van der Waals surface area contributed by atoms with Crippen molar-refractivity contribution in [1.29, 1.82) is 0 Å². The molecule has 12 heteroatoms. The van der Waals surface area contributed by atoms with Crippen molar-refractivity contribution >= 4 is 0 Å². The Morgan fingerprint density at radius 2 is 1.00 bits per heavy atom. The van der Waals surface area contributed by atoms with Gasteiger partial charge in [-0.05, 0) is 0 Å². The molecule has 0 aromatic carbocycles. The molecule has 0 aromatic heterocycles. The van der Waals surface area contributed by atoms with E-state index in [1.165, 1.54) is 0 Å². The predicted octanol–water partition coefficient (Wildman–Crippen LogP) is -6.48. The van der Waals surface area contributed by atoms with Gasteiger partial charge in [-0.15, -0.1) is 0 Å². The van der Waals surface area contributed by atoms with Crippen molar-refractivity contribution in [2.24, 2.45) is 5.73 Å². The van der Waals surface area contributed by atoms with Gasteiger partial charge < -0.3 is 61.2 Å². The maximum atomic E-state index is 9.20. The fraction of sp³-hybridized carbons (Fsp3) is 1.00. The van der Waals surface area contributed by atoms with Crippen molar-refractivity contribution in [3.63, 3.8) is 0 Å². The SMILES string of the molecule is N[C@H]1C(O)O[C@H](CO)[C@H](O)[C@@H]1O.OC[C@H]1OC(O)[C@H](O)[C@@H](O)[C@@H]1O. The monoisotopic (exact) mass is 359 g/mol. The summed E-state index contributed by atoms with van der Waals surface area (Å²) in [7, 11) is 0. The molecule has 0 saturated carbocycles. The van der Waals surface area contributed by atoms with Crippen LogP contribution in [-0.2, 0) is 9.47 Å². The molecular weight excluding hydrogens is 334 g/mol. The third-order valence-electron chi connectivity index (χ3n) is 3.82. The molecule has 0 aromatic rings. The molecule has 0 aliphatic carbocycles. The Balaban J connectivity index is 0.000000240. The molecule has 0 bridgehead atoms. The molecule has 2 aliphatic heterocycles. The lowest BCUT2D eigenvalue weighted by Crippen LogP contribution is -2.61. The summed E-state index contributed by atoms with van der Waals surface area (Å²) < 4.78 is 9.28. The second-order valence-electron chi connectivity index (χ2n) is 5.53. The van der Waals surface area contributed by atoms with Crippen LogP contribution in [0.5, 0.6) is 0 Å². The average molecular weight is 359 g/mol. The predicted molar refractivity (Wildman–Crippen MR) is 73.9 cm³/mol. The summed E-state index contributed by atoms with van der Waals surface area (Å²) in [4.78, 5) is 0. The number of rotatable bonds is 2. The van der Waals surface area contributed by atoms with E-state index in [1.807, 2.05) is 0 Å². The molecule has 2 aliphatic rings. The highest BCUT2D eigenvalue weighted by Crippen LogP contribution is 2.19. The second-order valence-corrected chi connectivity index (χ2v) is 5.53. The Labute approximate surface area is 136 Å². The molecule has 0 amide bonds. The number of aliphatic hydroxyl groups excluding tert-OH is 9. The van der Waals surface area contributed by atoms with Crippen LogP contribution < -0.4 is 5.73 Å². The first-order valence-corrected chi connectivity index (χ1v) is 7.20. The van der Waals surface area contributed by atoms with Gasteiger partial charge >= 0.3 is 0 Å². The maximum absolute atomic E-state index is 9.20. The van der Waals surface area contributed by atoms with Gasteiger partial charge in [0.2, 0.25) is 0 Å². The van der Waals surface area contributed by atoms with Gasteiger partial charge in [0.15, 0.2) is 12.6 Å². The van der Waals surface area contributed by atoms with Gasteiger partial charge in [0.25, 0.3) is 0 Å². The zero-order valence-electron chi connectivity index (χ0n) is 12.6. The van der Waals surface area contributed by atoms with E-state index in [-0.39, 0.29) is 0 Å². The Morgan fingerprint density at radius 3 is 1.46 bits per heavy atom. The van der Waals surface area contributed by atoms with Gasteiger partial charge in [0, 0.05) is 0 Å². The first-order valence-electron chi connectivity index (χ1n) is 7.20. The molecule has 0 spiro atoms. The van der Waals surface area contributed by atoms with Crippen molar-refractivity contribution in [3.05, 3.63) is 0 Å². The van der Waals surface area contributed by atoms with Gasteiger partial charge in [0.1, 0.15) is 42.7 Å². The highest BCUT2D eigenvalue weighted by molar-refractivity contribution is 4.90. The van der Waals surface area contributed by atoms with E-state index in [1.54, 1.807) is 0 Å². The van der Waals surface area contributed by atoms with Crippen LogP contribution in [0.4, 0.5) is 0 Å². The standard InChI is InChI=1S/C6H13NO5.C6H12O6/c7-3-5(10)4(9)2(1-8)12-6(3)11;7-1-2-3(8)4(9)5(10)6(11)12-2/h2-6,8-11H,1,7H2;2-11H,1H2/t2*2-,3-,4+,5-,6?/m11/s1. The quantitative estimate of drug-likeness (QED) is 0.222. The van der Waals surface area contributed by atoms with Gasteiger partial charge in [0.05, 0.1) is 19.3 Å². The molecule has 12 nitrogen and oxygen atoms in total. The summed E-state index contributed by atoms with van der Waals surface area (Å²) >= 11 is 0. The number of aliphatic hydroxyl groups is 9. The smallest absolute Gasteiger partial charge is 0.184 e. The van der Waals surface area contributed by atoms with Crippen LogP contribution in [0.2, 0.25) is 0 Å². The first kappa shape index (κ1) is 21.6. The Morgan fingerprint density at radius 1 is 0.583 bits per heavy atom.